The zero-order valence-electron chi connectivity index (χ0n) is 13.4. The molecular formula is C18H16BrN3O2S. The molecule has 0 aliphatic rings. The van der Waals surface area contributed by atoms with Crippen LogP contribution in [-0.4, -0.2) is 15.4 Å². The summed E-state index contributed by atoms with van der Waals surface area (Å²) in [5.41, 5.74) is 1.60. The van der Waals surface area contributed by atoms with Crippen LogP contribution in [0.15, 0.2) is 63.6 Å². The molecule has 2 N–H and O–H groups in total. The van der Waals surface area contributed by atoms with Crippen LogP contribution in [0.1, 0.15) is 11.3 Å². The van der Waals surface area contributed by atoms with Gasteiger partial charge in [-0.15, -0.1) is 0 Å². The third kappa shape index (κ3) is 4.37. The molecule has 3 aromatic rings. The smallest absolute Gasteiger partial charge is 0.179 e. The van der Waals surface area contributed by atoms with Crippen molar-refractivity contribution in [3.05, 3.63) is 70.4 Å². The van der Waals surface area contributed by atoms with Gasteiger partial charge in [-0.25, -0.2) is 0 Å². The zero-order valence-corrected chi connectivity index (χ0v) is 15.8. The van der Waals surface area contributed by atoms with Crippen LogP contribution in [0.5, 0.6) is 5.75 Å². The van der Waals surface area contributed by atoms with E-state index in [4.69, 9.17) is 16.7 Å². The number of hydrogen-bond acceptors (Lipinski definition) is 4. The van der Waals surface area contributed by atoms with Gasteiger partial charge in [0.1, 0.15) is 11.5 Å². The number of para-hydroxylation sites is 1. The van der Waals surface area contributed by atoms with Gasteiger partial charge < -0.3 is 14.9 Å². The number of phenolic OH excluding ortho intramolecular Hbond substituents is 1. The Morgan fingerprint density at radius 1 is 1.24 bits per heavy atom. The van der Waals surface area contributed by atoms with Crippen molar-refractivity contribution in [2.75, 3.05) is 10.2 Å². The fourth-order valence-corrected chi connectivity index (χ4v) is 2.82. The minimum absolute atomic E-state index is 0.208. The Morgan fingerprint density at radius 2 is 1.96 bits per heavy atom. The van der Waals surface area contributed by atoms with Gasteiger partial charge in [-0.2, -0.15) is 0 Å². The monoisotopic (exact) mass is 417 g/mol. The number of aromatic nitrogens is 1. The Kier molecular flexibility index (Phi) is 5.35. The molecule has 0 amide bonds. The summed E-state index contributed by atoms with van der Waals surface area (Å²) in [6.45, 7) is 2.18. The van der Waals surface area contributed by atoms with Crippen molar-refractivity contribution in [3.8, 4) is 5.75 Å². The Labute approximate surface area is 159 Å². The Bertz CT molecular complexity index is 880. The second-order valence-corrected chi connectivity index (χ2v) is 6.75. The van der Waals surface area contributed by atoms with Crippen molar-refractivity contribution >= 4 is 44.8 Å². The first-order valence-electron chi connectivity index (χ1n) is 7.57. The summed E-state index contributed by atoms with van der Waals surface area (Å²) >= 11 is 8.97. The molecule has 0 radical (unpaired) electrons. The number of phenols is 1. The number of rotatable bonds is 4. The highest BCUT2D eigenvalue weighted by Gasteiger charge is 2.18. The number of benzene rings is 2. The van der Waals surface area contributed by atoms with E-state index in [0.29, 0.717) is 23.2 Å². The highest BCUT2D eigenvalue weighted by Crippen LogP contribution is 2.23. The number of halogens is 1. The molecule has 3 rings (SSSR count). The minimum Gasteiger partial charge on any atom is -0.508 e. The van der Waals surface area contributed by atoms with Gasteiger partial charge in [0.05, 0.1) is 6.54 Å². The van der Waals surface area contributed by atoms with Crippen LogP contribution >= 0.6 is 28.1 Å². The first kappa shape index (κ1) is 17.4. The van der Waals surface area contributed by atoms with Gasteiger partial charge in [-0.1, -0.05) is 39.3 Å². The van der Waals surface area contributed by atoms with Crippen molar-refractivity contribution in [3.63, 3.8) is 0 Å². The quantitative estimate of drug-likeness (QED) is 0.591. The fourth-order valence-electron chi connectivity index (χ4n) is 2.28. The number of nitrogens with zero attached hydrogens (tertiary/aromatic N) is 2. The van der Waals surface area contributed by atoms with E-state index in [9.17, 15) is 5.11 Å². The lowest BCUT2D eigenvalue weighted by Gasteiger charge is -2.23. The van der Waals surface area contributed by atoms with Crippen LogP contribution in [0.25, 0.3) is 0 Å². The summed E-state index contributed by atoms with van der Waals surface area (Å²) in [4.78, 5) is 1.78. The van der Waals surface area contributed by atoms with E-state index in [1.165, 1.54) is 0 Å². The summed E-state index contributed by atoms with van der Waals surface area (Å²) in [6.07, 6.45) is 0. The van der Waals surface area contributed by atoms with E-state index in [0.717, 1.165) is 15.7 Å². The first-order chi connectivity index (χ1) is 12.0. The van der Waals surface area contributed by atoms with Gasteiger partial charge in [0.2, 0.25) is 0 Å². The first-order valence-corrected chi connectivity index (χ1v) is 8.77. The molecule has 7 heteroatoms. The van der Waals surface area contributed by atoms with Crippen molar-refractivity contribution in [1.29, 1.82) is 0 Å². The molecule has 0 aliphatic carbocycles. The van der Waals surface area contributed by atoms with Crippen molar-refractivity contribution < 1.29 is 9.63 Å². The van der Waals surface area contributed by atoms with Gasteiger partial charge in [-0.3, -0.25) is 4.90 Å². The van der Waals surface area contributed by atoms with Crippen molar-refractivity contribution in [2.24, 2.45) is 0 Å². The Balaban J connectivity index is 1.86. The minimum atomic E-state index is 0.208. The lowest BCUT2D eigenvalue weighted by molar-refractivity contribution is 0.398. The van der Waals surface area contributed by atoms with E-state index in [1.807, 2.05) is 43.3 Å². The van der Waals surface area contributed by atoms with Gasteiger partial charge in [0.15, 0.2) is 10.9 Å². The second kappa shape index (κ2) is 7.67. The molecule has 1 heterocycles. The molecule has 0 fully saturated rings. The van der Waals surface area contributed by atoms with Crippen LogP contribution in [0.2, 0.25) is 0 Å². The lowest BCUT2D eigenvalue weighted by Crippen LogP contribution is -2.34. The Morgan fingerprint density at radius 3 is 2.60 bits per heavy atom. The maximum Gasteiger partial charge on any atom is 0.179 e. The molecule has 5 nitrogen and oxygen atoms in total. The molecule has 0 saturated carbocycles. The standard InChI is InChI=1S/C18H16BrN3O2S/c1-12-10-17(21-24-12)22(11-13-4-2-3-5-16(13)23)18(25)20-15-8-6-14(19)7-9-15/h2-10,23H,11H2,1H3,(H,20,25). The third-order valence-corrected chi connectivity index (χ3v) is 4.40. The van der Waals surface area contributed by atoms with E-state index in [-0.39, 0.29) is 5.75 Å². The van der Waals surface area contributed by atoms with Crippen LogP contribution in [0.3, 0.4) is 0 Å². The average molecular weight is 418 g/mol. The summed E-state index contributed by atoms with van der Waals surface area (Å²) in [7, 11) is 0. The fraction of sp³-hybridized carbons (Fsp3) is 0.111. The van der Waals surface area contributed by atoms with Gasteiger partial charge in [0.25, 0.3) is 0 Å². The summed E-state index contributed by atoms with van der Waals surface area (Å²) in [5, 5.41) is 17.8. The molecule has 0 aliphatic heterocycles. The largest absolute Gasteiger partial charge is 0.508 e. The van der Waals surface area contributed by atoms with Gasteiger partial charge in [0, 0.05) is 21.8 Å². The van der Waals surface area contributed by atoms with Crippen LogP contribution in [0, 0.1) is 6.92 Å². The van der Waals surface area contributed by atoms with Gasteiger partial charge >= 0.3 is 0 Å². The number of aryl methyl sites for hydroxylation is 1. The zero-order chi connectivity index (χ0) is 17.8. The highest BCUT2D eigenvalue weighted by molar-refractivity contribution is 9.10. The third-order valence-electron chi connectivity index (χ3n) is 3.55. The molecule has 0 spiro atoms. The number of thiocarbonyl (C=S) groups is 1. The van der Waals surface area contributed by atoms with E-state index in [1.54, 1.807) is 23.1 Å². The molecule has 25 heavy (non-hydrogen) atoms. The lowest BCUT2D eigenvalue weighted by atomic mass is 10.2. The molecule has 0 saturated heterocycles. The summed E-state index contributed by atoms with van der Waals surface area (Å²) in [5.74, 6) is 1.47. The van der Waals surface area contributed by atoms with E-state index < -0.39 is 0 Å². The predicted octanol–water partition coefficient (Wildman–Crippen LogP) is 4.85. The molecule has 0 atom stereocenters. The second-order valence-electron chi connectivity index (χ2n) is 5.45. The highest BCUT2D eigenvalue weighted by atomic mass is 79.9. The maximum atomic E-state index is 10.1. The summed E-state index contributed by atoms with van der Waals surface area (Å²) in [6, 6.07) is 16.6. The van der Waals surface area contributed by atoms with Crippen LogP contribution in [0.4, 0.5) is 11.5 Å². The molecule has 2 aromatic carbocycles. The number of hydrogen-bond donors (Lipinski definition) is 2. The SMILES string of the molecule is Cc1cc(N(Cc2ccccc2O)C(=S)Nc2ccc(Br)cc2)no1. The Hall–Kier alpha value is -2.38. The average Bonchev–Trinajstić information content (AvgIpc) is 3.02. The van der Waals surface area contributed by atoms with Crippen molar-refractivity contribution in [1.82, 2.24) is 5.16 Å². The molecule has 0 bridgehead atoms. The summed E-state index contributed by atoms with van der Waals surface area (Å²) < 4.78 is 6.17. The van der Waals surface area contributed by atoms with E-state index >= 15 is 0 Å². The molecular weight excluding hydrogens is 402 g/mol. The molecule has 1 aromatic heterocycles. The van der Waals surface area contributed by atoms with Gasteiger partial charge in [-0.05, 0) is 49.5 Å². The maximum absolute atomic E-state index is 10.1. The van der Waals surface area contributed by atoms with Crippen molar-refractivity contribution in [2.45, 2.75) is 13.5 Å². The number of anilines is 2. The molecule has 0 unspecified atom stereocenters. The van der Waals surface area contributed by atoms with Crippen LogP contribution in [-0.2, 0) is 6.54 Å². The van der Waals surface area contributed by atoms with Crippen LogP contribution < -0.4 is 10.2 Å². The number of aromatic hydroxyl groups is 1. The van der Waals surface area contributed by atoms with E-state index in [2.05, 4.69) is 26.4 Å². The normalized spacial score (nSPS) is 10.5. The predicted molar refractivity (Wildman–Crippen MR) is 106 cm³/mol. The molecule has 128 valence electrons. The topological polar surface area (TPSA) is 61.5 Å². The number of nitrogens with one attached hydrogen (secondary N) is 1.